The fourth-order valence-corrected chi connectivity index (χ4v) is 2.04. The van der Waals surface area contributed by atoms with Crippen LogP contribution in [-0.4, -0.2) is 37.7 Å². The molecule has 0 spiro atoms. The number of nitrogens with zero attached hydrogens (tertiary/aromatic N) is 1. The Bertz CT molecular complexity index is 153. The molecule has 0 aromatic rings. The van der Waals surface area contributed by atoms with Gasteiger partial charge in [-0.2, -0.15) is 0 Å². The van der Waals surface area contributed by atoms with Crippen molar-refractivity contribution in [2.24, 2.45) is 5.92 Å². The van der Waals surface area contributed by atoms with Crippen LogP contribution in [0, 0.1) is 5.92 Å². The first-order valence-corrected chi connectivity index (χ1v) is 7.52. The Hall–Kier alpha value is -0.0800. The average molecular weight is 243 g/mol. The van der Waals surface area contributed by atoms with Gasteiger partial charge in [-0.3, -0.25) is 0 Å². The number of hydrogen-bond acceptors (Lipinski definition) is 2. The highest BCUT2D eigenvalue weighted by molar-refractivity contribution is 4.69. The van der Waals surface area contributed by atoms with Crippen molar-refractivity contribution in [2.45, 2.75) is 65.9 Å². The van der Waals surface area contributed by atoms with Crippen LogP contribution in [0.1, 0.15) is 59.8 Å². The number of likely N-dealkylation sites (tertiary alicyclic amines) is 1. The summed E-state index contributed by atoms with van der Waals surface area (Å²) >= 11 is 0. The third-order valence-corrected chi connectivity index (χ3v) is 3.56. The third-order valence-electron chi connectivity index (χ3n) is 3.56. The first-order valence-electron chi connectivity index (χ1n) is 7.52. The highest BCUT2D eigenvalue weighted by Gasteiger charge is 2.16. The highest BCUT2D eigenvalue weighted by atomic mass is 16.5. The Morgan fingerprint density at radius 3 is 2.35 bits per heavy atom. The normalized spacial score (nSPS) is 19.6. The van der Waals surface area contributed by atoms with Crippen molar-refractivity contribution in [3.63, 3.8) is 0 Å². The van der Waals surface area contributed by atoms with Crippen molar-refractivity contribution in [3.05, 3.63) is 0 Å². The smallest absolute Gasteiger partial charge is 0.0599 e. The molecule has 0 radical (unpaired) electrons. The maximum absolute atomic E-state index is 5.90. The van der Waals surface area contributed by atoms with Gasteiger partial charge < -0.3 is 9.64 Å². The zero-order valence-corrected chi connectivity index (χ0v) is 12.7. The van der Waals surface area contributed by atoms with Gasteiger partial charge in [-0.15, -0.1) is 0 Å². The van der Waals surface area contributed by atoms with Crippen molar-refractivity contribution < 1.29 is 4.74 Å². The quantitative estimate of drug-likeness (QED) is 0.655. The van der Waals surface area contributed by atoms with Gasteiger partial charge in [-0.1, -0.05) is 34.1 Å². The predicted octanol–water partition coefficient (Wildman–Crippen LogP) is 3.95. The van der Waals surface area contributed by atoms with Crippen molar-refractivity contribution in [2.75, 3.05) is 26.7 Å². The van der Waals surface area contributed by atoms with Crippen molar-refractivity contribution in [3.8, 4) is 0 Å². The van der Waals surface area contributed by atoms with Crippen LogP contribution in [0.4, 0.5) is 0 Å². The van der Waals surface area contributed by atoms with Gasteiger partial charge in [-0.25, -0.2) is 0 Å². The van der Waals surface area contributed by atoms with Crippen LogP contribution in [0.25, 0.3) is 0 Å². The second kappa shape index (κ2) is 11.0. The van der Waals surface area contributed by atoms with Gasteiger partial charge in [0.2, 0.25) is 0 Å². The Morgan fingerprint density at radius 2 is 1.82 bits per heavy atom. The summed E-state index contributed by atoms with van der Waals surface area (Å²) < 4.78 is 5.90. The molecule has 17 heavy (non-hydrogen) atoms. The molecule has 1 heterocycles. The topological polar surface area (TPSA) is 12.5 Å². The van der Waals surface area contributed by atoms with E-state index in [4.69, 9.17) is 4.74 Å². The molecule has 2 heteroatoms. The van der Waals surface area contributed by atoms with Crippen LogP contribution in [0.3, 0.4) is 0 Å². The molecular formula is C15H33NO. The van der Waals surface area contributed by atoms with Crippen LogP contribution < -0.4 is 0 Å². The zero-order chi connectivity index (χ0) is 13.1. The molecule has 0 aliphatic carbocycles. The van der Waals surface area contributed by atoms with Gasteiger partial charge in [0.25, 0.3) is 0 Å². The second-order valence-electron chi connectivity index (χ2n) is 5.03. The molecule has 1 fully saturated rings. The van der Waals surface area contributed by atoms with E-state index in [1.165, 1.54) is 45.2 Å². The molecule has 1 unspecified atom stereocenters. The Kier molecular flexibility index (Phi) is 11.0. The van der Waals surface area contributed by atoms with Crippen LogP contribution >= 0.6 is 0 Å². The van der Waals surface area contributed by atoms with Gasteiger partial charge in [-0.05, 0) is 38.6 Å². The lowest BCUT2D eigenvalue weighted by Gasteiger charge is -2.29. The maximum Gasteiger partial charge on any atom is 0.0599 e. The Labute approximate surface area is 109 Å². The lowest BCUT2D eigenvalue weighted by Crippen LogP contribution is -2.34. The Balaban J connectivity index is 0.00000121. The molecule has 1 aliphatic heterocycles. The highest BCUT2D eigenvalue weighted by Crippen LogP contribution is 2.14. The fourth-order valence-electron chi connectivity index (χ4n) is 2.04. The summed E-state index contributed by atoms with van der Waals surface area (Å²) in [6.07, 6.45) is 6.84. The molecule has 1 rings (SSSR count). The lowest BCUT2D eigenvalue weighted by molar-refractivity contribution is 0.00980. The number of hydrogen-bond donors (Lipinski definition) is 0. The molecule has 104 valence electrons. The molecule has 0 amide bonds. The summed E-state index contributed by atoms with van der Waals surface area (Å²) in [6, 6.07) is 0. The SMILES string of the molecule is CC.CCC(C)CCCOC1CCN(C)CC1. The van der Waals surface area contributed by atoms with Crippen molar-refractivity contribution in [1.29, 1.82) is 0 Å². The fraction of sp³-hybridized carbons (Fsp3) is 1.00. The second-order valence-corrected chi connectivity index (χ2v) is 5.03. The van der Waals surface area contributed by atoms with Gasteiger partial charge in [0, 0.05) is 19.7 Å². The van der Waals surface area contributed by atoms with E-state index in [-0.39, 0.29) is 0 Å². The monoisotopic (exact) mass is 243 g/mol. The van der Waals surface area contributed by atoms with E-state index in [0.29, 0.717) is 6.10 Å². The molecule has 0 aromatic carbocycles. The zero-order valence-electron chi connectivity index (χ0n) is 12.7. The maximum atomic E-state index is 5.90. The molecule has 0 saturated carbocycles. The van der Waals surface area contributed by atoms with Gasteiger partial charge >= 0.3 is 0 Å². The van der Waals surface area contributed by atoms with Crippen molar-refractivity contribution in [1.82, 2.24) is 4.90 Å². The van der Waals surface area contributed by atoms with Gasteiger partial charge in [0.15, 0.2) is 0 Å². The van der Waals surface area contributed by atoms with Gasteiger partial charge in [0.1, 0.15) is 0 Å². The number of ether oxygens (including phenoxy) is 1. The first-order chi connectivity index (χ1) is 8.22. The van der Waals surface area contributed by atoms with Crippen LogP contribution in [0.15, 0.2) is 0 Å². The van der Waals surface area contributed by atoms with Gasteiger partial charge in [0.05, 0.1) is 6.10 Å². The molecule has 2 nitrogen and oxygen atoms in total. The molecule has 0 N–H and O–H groups in total. The van der Waals surface area contributed by atoms with E-state index in [1.807, 2.05) is 13.8 Å². The van der Waals surface area contributed by atoms with E-state index < -0.39 is 0 Å². The summed E-state index contributed by atoms with van der Waals surface area (Å²) in [4.78, 5) is 2.39. The predicted molar refractivity (Wildman–Crippen MR) is 76.5 cm³/mol. The van der Waals surface area contributed by atoms with E-state index in [0.717, 1.165) is 12.5 Å². The van der Waals surface area contributed by atoms with Crippen LogP contribution in [-0.2, 0) is 4.74 Å². The summed E-state index contributed by atoms with van der Waals surface area (Å²) in [7, 11) is 2.19. The summed E-state index contributed by atoms with van der Waals surface area (Å²) in [5, 5.41) is 0. The van der Waals surface area contributed by atoms with Crippen LogP contribution in [0.2, 0.25) is 0 Å². The summed E-state index contributed by atoms with van der Waals surface area (Å²) in [5.41, 5.74) is 0. The third kappa shape index (κ3) is 8.62. The standard InChI is InChI=1S/C13H27NO.C2H6/c1-4-12(2)6-5-11-15-13-7-9-14(3)10-8-13;1-2/h12-13H,4-11H2,1-3H3;1-2H3. The van der Waals surface area contributed by atoms with E-state index in [9.17, 15) is 0 Å². The van der Waals surface area contributed by atoms with Crippen molar-refractivity contribution >= 4 is 0 Å². The van der Waals surface area contributed by atoms with Crippen LogP contribution in [0.5, 0.6) is 0 Å². The number of piperidine rings is 1. The molecule has 1 aliphatic rings. The minimum atomic E-state index is 0.540. The summed E-state index contributed by atoms with van der Waals surface area (Å²) in [6.45, 7) is 12.0. The summed E-state index contributed by atoms with van der Waals surface area (Å²) in [5.74, 6) is 0.867. The van der Waals surface area contributed by atoms with E-state index >= 15 is 0 Å². The van der Waals surface area contributed by atoms with E-state index in [1.54, 1.807) is 0 Å². The average Bonchev–Trinajstić information content (AvgIpc) is 2.39. The molecule has 1 atom stereocenters. The minimum absolute atomic E-state index is 0.540. The molecule has 1 saturated heterocycles. The Morgan fingerprint density at radius 1 is 1.24 bits per heavy atom. The first kappa shape index (κ1) is 16.9. The van der Waals surface area contributed by atoms with E-state index in [2.05, 4.69) is 25.8 Å². The molecular weight excluding hydrogens is 210 g/mol. The lowest BCUT2D eigenvalue weighted by atomic mass is 10.0. The molecule has 0 aromatic heterocycles. The number of rotatable bonds is 6. The largest absolute Gasteiger partial charge is 0.378 e. The minimum Gasteiger partial charge on any atom is -0.378 e. The molecule has 0 bridgehead atoms.